The van der Waals surface area contributed by atoms with Gasteiger partial charge in [-0.25, -0.2) is 0 Å². The Hall–Kier alpha value is -2.84. The maximum Gasteiger partial charge on any atom is 0.450 e. The average molecular weight is 406 g/mol. The molecular weight excluding hydrogens is 387 g/mol. The minimum atomic E-state index is -4.87. The number of morpholine rings is 1. The van der Waals surface area contributed by atoms with E-state index in [9.17, 15) is 23.1 Å². The summed E-state index contributed by atoms with van der Waals surface area (Å²) in [4.78, 5) is 14.1. The van der Waals surface area contributed by atoms with Gasteiger partial charge in [-0.05, 0) is 17.7 Å². The first-order valence-electron chi connectivity index (χ1n) is 9.22. The number of quaternary nitrogens is 1. The number of benzene rings is 2. The van der Waals surface area contributed by atoms with Crippen LogP contribution in [0.3, 0.4) is 0 Å². The summed E-state index contributed by atoms with van der Waals surface area (Å²) >= 11 is 0. The second-order valence-electron chi connectivity index (χ2n) is 6.98. The van der Waals surface area contributed by atoms with Crippen LogP contribution >= 0.6 is 0 Å². The van der Waals surface area contributed by atoms with Gasteiger partial charge in [0.05, 0.1) is 29.7 Å². The second kappa shape index (κ2) is 7.53. The molecule has 3 aromatic rings. The van der Waals surface area contributed by atoms with Gasteiger partial charge in [0.25, 0.3) is 0 Å². The van der Waals surface area contributed by atoms with Crippen molar-refractivity contribution in [2.75, 3.05) is 26.3 Å². The van der Waals surface area contributed by atoms with Gasteiger partial charge in [0.1, 0.15) is 25.4 Å². The molecule has 0 radical (unpaired) electrons. The third-order valence-electron chi connectivity index (χ3n) is 5.09. The molecule has 8 heteroatoms. The van der Waals surface area contributed by atoms with E-state index in [1.165, 1.54) is 24.3 Å². The molecule has 4 rings (SSSR count). The van der Waals surface area contributed by atoms with Crippen molar-refractivity contribution in [3.63, 3.8) is 0 Å². The predicted molar refractivity (Wildman–Crippen MR) is 99.8 cm³/mol. The van der Waals surface area contributed by atoms with E-state index < -0.39 is 22.9 Å². The Bertz CT molecular complexity index is 1090. The minimum absolute atomic E-state index is 0.0114. The summed E-state index contributed by atoms with van der Waals surface area (Å²) in [6.45, 7) is 2.58. The molecule has 0 bridgehead atoms. The van der Waals surface area contributed by atoms with Gasteiger partial charge < -0.3 is 19.2 Å². The Balaban J connectivity index is 1.97. The Morgan fingerprint density at radius 3 is 2.38 bits per heavy atom. The van der Waals surface area contributed by atoms with Gasteiger partial charge in [-0.3, -0.25) is 4.79 Å². The van der Waals surface area contributed by atoms with E-state index >= 15 is 0 Å². The van der Waals surface area contributed by atoms with E-state index in [1.807, 2.05) is 0 Å². The van der Waals surface area contributed by atoms with Gasteiger partial charge in [0.15, 0.2) is 5.58 Å². The molecule has 152 valence electrons. The largest absolute Gasteiger partial charge is 0.507 e. The van der Waals surface area contributed by atoms with E-state index in [1.54, 1.807) is 18.2 Å². The first-order valence-corrected chi connectivity index (χ1v) is 9.22. The number of aromatic hydroxyl groups is 1. The second-order valence-corrected chi connectivity index (χ2v) is 6.98. The molecule has 0 amide bonds. The van der Waals surface area contributed by atoms with Crippen molar-refractivity contribution in [3.05, 3.63) is 64.0 Å². The summed E-state index contributed by atoms with van der Waals surface area (Å²) < 4.78 is 52.1. The molecule has 0 saturated carbocycles. The highest BCUT2D eigenvalue weighted by molar-refractivity contribution is 5.86. The first kappa shape index (κ1) is 19.5. The third-order valence-corrected chi connectivity index (χ3v) is 5.09. The number of phenols is 1. The zero-order chi connectivity index (χ0) is 20.6. The molecule has 29 heavy (non-hydrogen) atoms. The van der Waals surface area contributed by atoms with Crippen LogP contribution in [0.1, 0.15) is 11.3 Å². The average Bonchev–Trinajstić information content (AvgIpc) is 2.70. The van der Waals surface area contributed by atoms with Crippen LogP contribution in [0.2, 0.25) is 0 Å². The number of phenolic OH excluding ortho intramolecular Hbond substituents is 1. The molecule has 0 aliphatic carbocycles. The van der Waals surface area contributed by atoms with E-state index in [4.69, 9.17) is 9.15 Å². The van der Waals surface area contributed by atoms with Crippen LogP contribution in [-0.2, 0) is 17.5 Å². The lowest BCUT2D eigenvalue weighted by atomic mass is 10.00. The van der Waals surface area contributed by atoms with Crippen molar-refractivity contribution in [1.29, 1.82) is 0 Å². The van der Waals surface area contributed by atoms with Crippen molar-refractivity contribution < 1.29 is 32.3 Å². The summed E-state index contributed by atoms with van der Waals surface area (Å²) in [7, 11) is 0. The number of ether oxygens (including phenoxy) is 1. The topological polar surface area (TPSA) is 64.1 Å². The molecule has 2 heterocycles. The zero-order valence-corrected chi connectivity index (χ0v) is 15.4. The lowest BCUT2D eigenvalue weighted by Gasteiger charge is -2.24. The van der Waals surface area contributed by atoms with Gasteiger partial charge >= 0.3 is 6.18 Å². The van der Waals surface area contributed by atoms with E-state index in [0.717, 1.165) is 4.90 Å². The van der Waals surface area contributed by atoms with E-state index in [2.05, 4.69) is 0 Å². The summed E-state index contributed by atoms with van der Waals surface area (Å²) in [5.74, 6) is -1.55. The summed E-state index contributed by atoms with van der Waals surface area (Å²) in [6.07, 6.45) is -4.87. The van der Waals surface area contributed by atoms with Crippen LogP contribution in [-0.4, -0.2) is 31.4 Å². The first-order chi connectivity index (χ1) is 13.9. The van der Waals surface area contributed by atoms with E-state index in [0.29, 0.717) is 26.3 Å². The van der Waals surface area contributed by atoms with Crippen LogP contribution in [0.25, 0.3) is 22.1 Å². The van der Waals surface area contributed by atoms with Gasteiger partial charge in [0, 0.05) is 0 Å². The lowest BCUT2D eigenvalue weighted by Crippen LogP contribution is -3.12. The Morgan fingerprint density at radius 1 is 1.03 bits per heavy atom. The Kier molecular flexibility index (Phi) is 5.06. The molecule has 1 aliphatic heterocycles. The molecular formula is C21H19F3NO4+. The predicted octanol–water partition coefficient (Wildman–Crippen LogP) is 2.60. The van der Waals surface area contributed by atoms with Gasteiger partial charge in [-0.2, -0.15) is 13.2 Å². The highest BCUT2D eigenvalue weighted by Gasteiger charge is 2.40. The number of fused-ring (bicyclic) bond motifs is 1. The summed E-state index contributed by atoms with van der Waals surface area (Å²) in [6, 6.07) is 10.3. The molecule has 1 aliphatic rings. The van der Waals surface area contributed by atoms with Crippen molar-refractivity contribution in [2.45, 2.75) is 12.7 Å². The van der Waals surface area contributed by atoms with Crippen LogP contribution < -0.4 is 10.3 Å². The molecule has 0 unspecified atom stereocenters. The van der Waals surface area contributed by atoms with Crippen molar-refractivity contribution >= 4 is 11.0 Å². The number of rotatable bonds is 3. The number of hydrogen-bond acceptors (Lipinski definition) is 4. The molecule has 2 aromatic carbocycles. The molecule has 5 nitrogen and oxygen atoms in total. The fraction of sp³-hybridized carbons (Fsp3) is 0.286. The standard InChI is InChI=1S/C21H18F3NO4/c22-21(23,24)20-17(13-4-2-1-3-5-13)18(27)14-6-7-16(26)15(19(14)29-20)12-25-8-10-28-11-9-25/h1-7,26H,8-12H2/p+1. The molecule has 0 atom stereocenters. The lowest BCUT2D eigenvalue weighted by molar-refractivity contribution is -0.921. The summed E-state index contributed by atoms with van der Waals surface area (Å²) in [5, 5.41) is 10.3. The number of nitrogens with one attached hydrogen (secondary N) is 1. The Labute approximate surface area is 163 Å². The molecule has 1 aromatic heterocycles. The minimum Gasteiger partial charge on any atom is -0.507 e. The highest BCUT2D eigenvalue weighted by atomic mass is 19.4. The number of halogens is 3. The number of alkyl halides is 3. The monoisotopic (exact) mass is 406 g/mol. The zero-order valence-electron chi connectivity index (χ0n) is 15.4. The van der Waals surface area contributed by atoms with Crippen molar-refractivity contribution in [2.24, 2.45) is 0 Å². The molecule has 2 N–H and O–H groups in total. The van der Waals surface area contributed by atoms with E-state index in [-0.39, 0.29) is 34.4 Å². The fourth-order valence-corrected chi connectivity index (χ4v) is 3.63. The Morgan fingerprint density at radius 2 is 1.72 bits per heavy atom. The highest BCUT2D eigenvalue weighted by Crippen LogP contribution is 2.38. The van der Waals surface area contributed by atoms with Gasteiger partial charge in [-0.1, -0.05) is 30.3 Å². The molecule has 1 fully saturated rings. The van der Waals surface area contributed by atoms with Crippen molar-refractivity contribution in [1.82, 2.24) is 0 Å². The summed E-state index contributed by atoms with van der Waals surface area (Å²) in [5.41, 5.74) is -1.20. The molecule has 0 spiro atoms. The van der Waals surface area contributed by atoms with Gasteiger partial charge in [-0.15, -0.1) is 0 Å². The van der Waals surface area contributed by atoms with Crippen LogP contribution in [0.15, 0.2) is 51.7 Å². The maximum absolute atomic E-state index is 13.8. The van der Waals surface area contributed by atoms with Gasteiger partial charge in [0.2, 0.25) is 11.2 Å². The third kappa shape index (κ3) is 3.73. The maximum atomic E-state index is 13.8. The smallest absolute Gasteiger partial charge is 0.450 e. The normalized spacial score (nSPS) is 15.7. The van der Waals surface area contributed by atoms with Crippen molar-refractivity contribution in [3.8, 4) is 16.9 Å². The van der Waals surface area contributed by atoms with Crippen LogP contribution in [0.4, 0.5) is 13.2 Å². The van der Waals surface area contributed by atoms with Crippen LogP contribution in [0.5, 0.6) is 5.75 Å². The fourth-order valence-electron chi connectivity index (χ4n) is 3.63. The SMILES string of the molecule is O=c1c(-c2ccccc2)c(C(F)(F)F)oc2c(C[NH+]3CCOCC3)c(O)ccc12. The number of hydrogen-bond donors (Lipinski definition) is 2. The quantitative estimate of drug-likeness (QED) is 0.702. The van der Waals surface area contributed by atoms with Crippen LogP contribution in [0, 0.1) is 0 Å². The molecule has 1 saturated heterocycles.